The number of aryl methyl sites for hydroxylation is 2. The first kappa shape index (κ1) is 20.9. The standard InChI is InChI=1S/C16H18B3N7O3S/c1-10-7-13-20-9-22-26(13)23-14(10)11-3-5-25(6-4-11)30(27,28)12-8-21-24(2)15(12)29-16(17,18)19/h7-9,11H,3-6H2,1-2H3. The Bertz CT molecular complexity index is 1180. The van der Waals surface area contributed by atoms with Gasteiger partial charge in [-0.2, -0.15) is 14.5 Å². The van der Waals surface area contributed by atoms with Crippen LogP contribution in [0.1, 0.15) is 30.0 Å². The van der Waals surface area contributed by atoms with Crippen LogP contribution in [0.3, 0.4) is 0 Å². The molecule has 1 fully saturated rings. The van der Waals surface area contributed by atoms with Crippen LogP contribution in [0.25, 0.3) is 5.65 Å². The van der Waals surface area contributed by atoms with Crippen molar-refractivity contribution in [2.24, 2.45) is 7.05 Å². The lowest BCUT2D eigenvalue weighted by Gasteiger charge is -2.31. The molecule has 0 bridgehead atoms. The molecule has 0 aromatic carbocycles. The molecule has 0 saturated carbocycles. The van der Waals surface area contributed by atoms with E-state index >= 15 is 0 Å². The number of hydrogen-bond acceptors (Lipinski definition) is 7. The van der Waals surface area contributed by atoms with Gasteiger partial charge < -0.3 is 4.74 Å². The zero-order valence-electron chi connectivity index (χ0n) is 16.6. The van der Waals surface area contributed by atoms with Gasteiger partial charge in [0.25, 0.3) is 0 Å². The molecule has 3 aromatic rings. The third-order valence-electron chi connectivity index (χ3n) is 5.09. The van der Waals surface area contributed by atoms with Gasteiger partial charge >= 0.3 is 0 Å². The second-order valence-electron chi connectivity index (χ2n) is 7.39. The molecule has 14 heteroatoms. The normalized spacial score (nSPS) is 16.9. The van der Waals surface area contributed by atoms with Crippen molar-refractivity contribution < 1.29 is 13.2 Å². The molecule has 6 radical (unpaired) electrons. The topological polar surface area (TPSA) is 108 Å². The fraction of sp³-hybridized carbons (Fsp3) is 0.500. The highest BCUT2D eigenvalue weighted by Crippen LogP contribution is 2.34. The zero-order chi connectivity index (χ0) is 21.7. The lowest BCUT2D eigenvalue weighted by atomic mass is 9.52. The number of nitrogens with zero attached hydrogens (tertiary/aromatic N) is 7. The Morgan fingerprint density at radius 1 is 1.20 bits per heavy atom. The summed E-state index contributed by atoms with van der Waals surface area (Å²) in [5.74, 6) is -0.00166. The highest BCUT2D eigenvalue weighted by molar-refractivity contribution is 7.89. The van der Waals surface area contributed by atoms with Crippen LogP contribution in [0.15, 0.2) is 23.5 Å². The fourth-order valence-electron chi connectivity index (χ4n) is 3.64. The summed E-state index contributed by atoms with van der Waals surface area (Å²) >= 11 is 0. The van der Waals surface area contributed by atoms with Crippen LogP contribution < -0.4 is 4.74 Å². The van der Waals surface area contributed by atoms with Gasteiger partial charge in [-0.1, -0.05) is 0 Å². The minimum absolute atomic E-state index is 0.111. The second kappa shape index (κ2) is 7.42. The van der Waals surface area contributed by atoms with E-state index in [1.165, 1.54) is 33.2 Å². The smallest absolute Gasteiger partial charge is 0.250 e. The van der Waals surface area contributed by atoms with Crippen LogP contribution in [0.5, 0.6) is 5.88 Å². The van der Waals surface area contributed by atoms with E-state index in [0.29, 0.717) is 31.6 Å². The van der Waals surface area contributed by atoms with Crippen LogP contribution in [-0.2, 0) is 17.1 Å². The molecule has 1 saturated heterocycles. The highest BCUT2D eigenvalue weighted by atomic mass is 32.2. The summed E-state index contributed by atoms with van der Waals surface area (Å²) in [6.07, 6.45) is 3.87. The molecule has 0 atom stereocenters. The molecule has 0 N–H and O–H groups in total. The summed E-state index contributed by atoms with van der Waals surface area (Å²) in [5.41, 5.74) is 2.58. The highest BCUT2D eigenvalue weighted by Gasteiger charge is 2.35. The van der Waals surface area contributed by atoms with E-state index in [0.717, 1.165) is 11.3 Å². The van der Waals surface area contributed by atoms with Gasteiger partial charge in [-0.05, 0) is 36.7 Å². The summed E-state index contributed by atoms with van der Waals surface area (Å²) in [6, 6.07) is 1.93. The molecular formula is C16H18B3N7O3S. The molecule has 0 aliphatic carbocycles. The Morgan fingerprint density at radius 3 is 2.57 bits per heavy atom. The summed E-state index contributed by atoms with van der Waals surface area (Å²) < 4.78 is 35.7. The number of rotatable bonds is 5. The average Bonchev–Trinajstić information content (AvgIpc) is 3.26. The Labute approximate surface area is 178 Å². The Morgan fingerprint density at radius 2 is 1.90 bits per heavy atom. The van der Waals surface area contributed by atoms with Crippen molar-refractivity contribution in [2.45, 2.75) is 35.9 Å². The van der Waals surface area contributed by atoms with Crippen LogP contribution in [0, 0.1) is 6.92 Å². The summed E-state index contributed by atoms with van der Waals surface area (Å²) in [4.78, 5) is 4.00. The number of ether oxygens (including phenoxy) is 1. The third-order valence-corrected chi connectivity index (χ3v) is 6.97. The van der Waals surface area contributed by atoms with Gasteiger partial charge in [-0.25, -0.2) is 18.1 Å². The molecular weight excluding hydrogens is 403 g/mol. The van der Waals surface area contributed by atoms with E-state index in [2.05, 4.69) is 20.3 Å². The number of hydrogen-bond donors (Lipinski definition) is 0. The predicted octanol–water partition coefficient (Wildman–Crippen LogP) is -0.770. The van der Waals surface area contributed by atoms with Gasteiger partial charge in [-0.15, -0.1) is 9.73 Å². The van der Waals surface area contributed by atoms with Gasteiger partial charge in [0.2, 0.25) is 15.9 Å². The van der Waals surface area contributed by atoms with Crippen molar-refractivity contribution in [3.63, 3.8) is 0 Å². The maximum Gasteiger partial charge on any atom is 0.250 e. The lowest BCUT2D eigenvalue weighted by Crippen LogP contribution is -2.40. The zero-order valence-corrected chi connectivity index (χ0v) is 17.4. The summed E-state index contributed by atoms with van der Waals surface area (Å²) in [7, 11) is 14.1. The van der Waals surface area contributed by atoms with Crippen molar-refractivity contribution in [3.05, 3.63) is 29.8 Å². The van der Waals surface area contributed by atoms with E-state index in [1.54, 1.807) is 0 Å². The first-order valence-corrected chi connectivity index (χ1v) is 10.8. The van der Waals surface area contributed by atoms with Crippen LogP contribution in [0.2, 0.25) is 0 Å². The monoisotopic (exact) mass is 421 g/mol. The van der Waals surface area contributed by atoms with Crippen molar-refractivity contribution in [1.29, 1.82) is 0 Å². The maximum absolute atomic E-state index is 13.2. The second-order valence-corrected chi connectivity index (χ2v) is 9.30. The summed E-state index contributed by atoms with van der Waals surface area (Å²) in [5, 5.41) is 10.6. The van der Waals surface area contributed by atoms with Crippen molar-refractivity contribution in [1.82, 2.24) is 33.9 Å². The fourth-order valence-corrected chi connectivity index (χ4v) is 5.19. The molecule has 0 unspecified atom stereocenters. The van der Waals surface area contributed by atoms with Crippen LogP contribution in [-0.4, -0.2) is 84.2 Å². The quantitative estimate of drug-likeness (QED) is 0.499. The molecule has 10 nitrogen and oxygen atoms in total. The molecule has 4 heterocycles. The lowest BCUT2D eigenvalue weighted by molar-refractivity contribution is 0.278. The van der Waals surface area contributed by atoms with Crippen molar-refractivity contribution in [2.75, 3.05) is 13.1 Å². The van der Waals surface area contributed by atoms with Gasteiger partial charge in [-0.3, -0.25) is 0 Å². The number of piperidine rings is 1. The van der Waals surface area contributed by atoms with Gasteiger partial charge in [0.1, 0.15) is 29.9 Å². The van der Waals surface area contributed by atoms with Crippen LogP contribution in [0.4, 0.5) is 0 Å². The molecule has 0 spiro atoms. The Kier molecular flexibility index (Phi) is 5.17. The minimum atomic E-state index is -3.88. The van der Waals surface area contributed by atoms with Gasteiger partial charge in [0.15, 0.2) is 10.5 Å². The molecule has 1 aliphatic rings. The largest absolute Gasteiger partial charge is 0.500 e. The Balaban J connectivity index is 1.54. The van der Waals surface area contributed by atoms with Gasteiger partial charge in [0.05, 0.1) is 11.9 Å². The van der Waals surface area contributed by atoms with Crippen molar-refractivity contribution in [3.8, 4) is 5.88 Å². The van der Waals surface area contributed by atoms with E-state index in [-0.39, 0.29) is 16.7 Å². The first-order valence-electron chi connectivity index (χ1n) is 9.31. The SMILES string of the molecule is [B]C([B])([B])Oc1c(S(=O)(=O)N2CCC(c3nn4ncnc4cc3C)CC2)cnn1C. The van der Waals surface area contributed by atoms with Gasteiger partial charge in [0, 0.05) is 26.1 Å². The van der Waals surface area contributed by atoms with E-state index in [4.69, 9.17) is 28.3 Å². The molecule has 30 heavy (non-hydrogen) atoms. The number of sulfonamides is 1. The average molecular weight is 421 g/mol. The van der Waals surface area contributed by atoms with Crippen LogP contribution >= 0.6 is 0 Å². The predicted molar refractivity (Wildman–Crippen MR) is 110 cm³/mol. The summed E-state index contributed by atoms with van der Waals surface area (Å²) in [6.45, 7) is 2.60. The minimum Gasteiger partial charge on any atom is -0.500 e. The number of fused-ring (bicyclic) bond motifs is 1. The molecule has 1 aliphatic heterocycles. The van der Waals surface area contributed by atoms with E-state index in [9.17, 15) is 8.42 Å². The molecule has 4 rings (SSSR count). The Hall–Kier alpha value is -2.34. The van der Waals surface area contributed by atoms with E-state index < -0.39 is 15.3 Å². The van der Waals surface area contributed by atoms with E-state index in [1.807, 2.05) is 13.0 Å². The maximum atomic E-state index is 13.2. The molecule has 0 amide bonds. The van der Waals surface area contributed by atoms with Crippen molar-refractivity contribution >= 4 is 39.2 Å². The molecule has 3 aromatic heterocycles. The molecule has 150 valence electrons. The third kappa shape index (κ3) is 3.85. The first-order chi connectivity index (χ1) is 14.1. The number of aromatic nitrogens is 6.